The molecule has 20 nitrogen and oxygen atoms in total. The molecule has 2 aliphatic heterocycles. The lowest BCUT2D eigenvalue weighted by Gasteiger charge is -2.48. The molecule has 0 spiro atoms. The van der Waals surface area contributed by atoms with Gasteiger partial charge in [0.1, 0.15) is 25.4 Å². The Hall–Kier alpha value is -4.56. The van der Waals surface area contributed by atoms with Crippen LogP contribution in [0.5, 0.6) is 0 Å². The first-order valence-electron chi connectivity index (χ1n) is 13.9. The van der Waals surface area contributed by atoms with Crippen molar-refractivity contribution >= 4 is 47.9 Å². The smallest absolute Gasteiger partial charge is 0.405 e. The van der Waals surface area contributed by atoms with Crippen molar-refractivity contribution < 1.29 is 90.5 Å². The minimum absolute atomic E-state index is 0.575. The minimum atomic E-state index is -1.91. The van der Waals surface area contributed by atoms with Crippen molar-refractivity contribution in [2.75, 3.05) is 13.2 Å². The van der Waals surface area contributed by atoms with Crippen LogP contribution in [-0.2, 0) is 85.7 Å². The molecule has 0 aromatic carbocycles. The van der Waals surface area contributed by atoms with Gasteiger partial charge in [0.15, 0.2) is 42.9 Å². The molecular formula is C27H37NO19. The third-order valence-electron chi connectivity index (χ3n) is 6.12. The monoisotopic (exact) mass is 679 g/mol. The Balaban J connectivity index is 2.72. The van der Waals surface area contributed by atoms with Gasteiger partial charge in [-0.25, -0.2) is 4.79 Å². The molecule has 0 aromatic heterocycles. The normalized spacial score (nSPS) is 30.0. The quantitative estimate of drug-likeness (QED) is 0.185. The zero-order chi connectivity index (χ0) is 35.6. The van der Waals surface area contributed by atoms with E-state index < -0.39 is 123 Å². The minimum Gasteiger partial charge on any atom is -0.463 e. The third-order valence-corrected chi connectivity index (χ3v) is 6.12. The van der Waals surface area contributed by atoms with Crippen LogP contribution in [-0.4, -0.2) is 123 Å². The van der Waals surface area contributed by atoms with Crippen LogP contribution in [0.3, 0.4) is 0 Å². The highest BCUT2D eigenvalue weighted by atomic mass is 16.8. The van der Waals surface area contributed by atoms with E-state index in [1.54, 1.807) is 0 Å². The maximum Gasteiger partial charge on any atom is 0.405 e. The molecule has 2 fully saturated rings. The van der Waals surface area contributed by atoms with E-state index in [-0.39, 0.29) is 0 Å². The molecule has 0 radical (unpaired) electrons. The van der Waals surface area contributed by atoms with Gasteiger partial charge >= 0.3 is 47.9 Å². The molecule has 2 heterocycles. The van der Waals surface area contributed by atoms with Crippen molar-refractivity contribution in [3.05, 3.63) is 0 Å². The Kier molecular flexibility index (Phi) is 14.3. The van der Waals surface area contributed by atoms with Gasteiger partial charge in [-0.3, -0.25) is 33.6 Å². The standard InChI is InChI=1S/C27H37NO19/c1-10(29)37-8-17-19(39-12(3)31)21(41-14(5)33)24(25(44-17)43-16(7)35)46-26-23(42-15(6)34)22(47-27(28)36)20(40-13(4)32)18(45-26)9-38-11(2)30/h17-26H,8-9H2,1-7H3,(H2,28,36)/t17-,18-,19+,20-,21-,22+,23+,24-,25-,26-/m1/s1. The van der Waals surface area contributed by atoms with Crippen molar-refractivity contribution in [1.82, 2.24) is 0 Å². The fourth-order valence-corrected chi connectivity index (χ4v) is 4.67. The third kappa shape index (κ3) is 12.0. The lowest BCUT2D eigenvalue weighted by molar-refractivity contribution is -0.363. The number of ether oxygens (including phenoxy) is 11. The highest BCUT2D eigenvalue weighted by Crippen LogP contribution is 2.35. The van der Waals surface area contributed by atoms with Gasteiger partial charge in [0, 0.05) is 48.5 Å². The largest absolute Gasteiger partial charge is 0.463 e. The highest BCUT2D eigenvalue weighted by Gasteiger charge is 2.58. The number of primary amides is 1. The Labute approximate surface area is 267 Å². The van der Waals surface area contributed by atoms with Gasteiger partial charge in [-0.2, -0.15) is 0 Å². The summed E-state index contributed by atoms with van der Waals surface area (Å²) in [5, 5.41) is 0. The molecule has 0 aromatic rings. The lowest BCUT2D eigenvalue weighted by Crippen LogP contribution is -2.67. The average molecular weight is 680 g/mol. The fourth-order valence-electron chi connectivity index (χ4n) is 4.67. The summed E-state index contributed by atoms with van der Waals surface area (Å²) >= 11 is 0. The Morgan fingerprint density at radius 2 is 0.809 bits per heavy atom. The van der Waals surface area contributed by atoms with Crippen LogP contribution in [0.15, 0.2) is 0 Å². The van der Waals surface area contributed by atoms with Gasteiger partial charge in [0.25, 0.3) is 0 Å². The van der Waals surface area contributed by atoms with Crippen LogP contribution in [0.2, 0.25) is 0 Å². The maximum absolute atomic E-state index is 12.3. The van der Waals surface area contributed by atoms with E-state index in [4.69, 9.17) is 57.8 Å². The number of nitrogens with two attached hydrogens (primary N) is 1. The predicted molar refractivity (Wildman–Crippen MR) is 144 cm³/mol. The predicted octanol–water partition coefficient (Wildman–Crippen LogP) is -1.30. The lowest BCUT2D eigenvalue weighted by atomic mass is 9.96. The number of rotatable bonds is 12. The molecule has 1 amide bonds. The summed E-state index contributed by atoms with van der Waals surface area (Å²) < 4.78 is 59.6. The number of carbonyl (C=O) groups excluding carboxylic acids is 8. The Morgan fingerprint density at radius 3 is 1.19 bits per heavy atom. The van der Waals surface area contributed by atoms with E-state index in [9.17, 15) is 38.4 Å². The molecule has 0 saturated carbocycles. The second-order valence-corrected chi connectivity index (χ2v) is 10.1. The Bertz CT molecular complexity index is 1200. The number of hydrogen-bond acceptors (Lipinski definition) is 19. The van der Waals surface area contributed by atoms with E-state index in [0.717, 1.165) is 48.5 Å². The molecule has 10 atom stereocenters. The van der Waals surface area contributed by atoms with Crippen LogP contribution in [0, 0.1) is 0 Å². The average Bonchev–Trinajstić information content (AvgIpc) is 2.91. The van der Waals surface area contributed by atoms with Crippen molar-refractivity contribution in [3.8, 4) is 0 Å². The van der Waals surface area contributed by atoms with Crippen LogP contribution in [0.4, 0.5) is 4.79 Å². The summed E-state index contributed by atoms with van der Waals surface area (Å²) in [6, 6.07) is 0. The van der Waals surface area contributed by atoms with Crippen LogP contribution >= 0.6 is 0 Å². The fraction of sp³-hybridized carbons (Fsp3) is 0.704. The first-order chi connectivity index (χ1) is 21.9. The Morgan fingerprint density at radius 1 is 0.447 bits per heavy atom. The topological polar surface area (TPSA) is 264 Å². The summed E-state index contributed by atoms with van der Waals surface area (Å²) in [5.74, 6) is -6.26. The van der Waals surface area contributed by atoms with Crippen LogP contribution < -0.4 is 5.73 Å². The van der Waals surface area contributed by atoms with Gasteiger partial charge in [-0.05, 0) is 0 Å². The molecular weight excluding hydrogens is 642 g/mol. The van der Waals surface area contributed by atoms with Crippen LogP contribution in [0.25, 0.3) is 0 Å². The van der Waals surface area contributed by atoms with Crippen molar-refractivity contribution in [2.24, 2.45) is 5.73 Å². The van der Waals surface area contributed by atoms with E-state index in [1.807, 2.05) is 0 Å². The second-order valence-electron chi connectivity index (χ2n) is 10.1. The van der Waals surface area contributed by atoms with Gasteiger partial charge in [-0.15, -0.1) is 0 Å². The molecule has 0 bridgehead atoms. The summed E-state index contributed by atoms with van der Waals surface area (Å²) in [7, 11) is 0. The van der Waals surface area contributed by atoms with Crippen molar-refractivity contribution in [2.45, 2.75) is 110 Å². The molecule has 2 aliphatic rings. The maximum atomic E-state index is 12.3. The first kappa shape index (κ1) is 38.6. The highest BCUT2D eigenvalue weighted by molar-refractivity contribution is 5.69. The van der Waals surface area contributed by atoms with Gasteiger partial charge in [-0.1, -0.05) is 0 Å². The van der Waals surface area contributed by atoms with E-state index in [1.165, 1.54) is 0 Å². The molecule has 0 unspecified atom stereocenters. The molecule has 20 heteroatoms. The number of carbonyl (C=O) groups is 8. The second kappa shape index (κ2) is 17.4. The first-order valence-corrected chi connectivity index (χ1v) is 13.9. The summed E-state index contributed by atoms with van der Waals surface area (Å²) in [5.41, 5.74) is 5.26. The summed E-state index contributed by atoms with van der Waals surface area (Å²) in [6.45, 7) is 5.90. The summed E-state index contributed by atoms with van der Waals surface area (Å²) in [4.78, 5) is 96.0. The van der Waals surface area contributed by atoms with Crippen LogP contribution in [0.1, 0.15) is 48.5 Å². The molecule has 0 aliphatic carbocycles. The number of hydrogen-bond donors (Lipinski definition) is 1. The van der Waals surface area contributed by atoms with Crippen molar-refractivity contribution in [3.63, 3.8) is 0 Å². The van der Waals surface area contributed by atoms with E-state index in [0.29, 0.717) is 0 Å². The number of esters is 7. The van der Waals surface area contributed by atoms with E-state index >= 15 is 0 Å². The zero-order valence-electron chi connectivity index (χ0n) is 26.5. The van der Waals surface area contributed by atoms with Crippen molar-refractivity contribution in [1.29, 1.82) is 0 Å². The molecule has 264 valence electrons. The zero-order valence-corrected chi connectivity index (χ0v) is 26.5. The van der Waals surface area contributed by atoms with Gasteiger partial charge in [0.2, 0.25) is 6.29 Å². The number of amides is 1. The molecule has 2 saturated heterocycles. The summed E-state index contributed by atoms with van der Waals surface area (Å²) in [6.07, 6.45) is -18.3. The van der Waals surface area contributed by atoms with E-state index in [2.05, 4.69) is 0 Å². The van der Waals surface area contributed by atoms with Gasteiger partial charge < -0.3 is 57.8 Å². The molecule has 47 heavy (non-hydrogen) atoms. The van der Waals surface area contributed by atoms with Gasteiger partial charge in [0.05, 0.1) is 0 Å². The molecule has 2 N–H and O–H groups in total. The molecule has 2 rings (SSSR count). The SMILES string of the molecule is CC(=O)OC[C@H]1O[C@@H](OC(C)=O)[C@H](O[C@H]2O[C@H](COC(C)=O)[C@@H](OC(C)=O)[C@H](OC(N)=O)[C@@H]2OC(C)=O)[C@H](OC(C)=O)[C@H]1OC(C)=O.